The fraction of sp³-hybridized carbons (Fsp3) is 0.250. The lowest BCUT2D eigenvalue weighted by atomic mass is 10.3. The molecule has 0 aromatic heterocycles. The molecule has 3 nitrogen and oxygen atoms in total. The van der Waals surface area contributed by atoms with Gasteiger partial charge in [0.25, 0.3) is 0 Å². The molecule has 0 aromatic carbocycles. The first-order valence-electron chi connectivity index (χ1n) is 3.35. The standard InChI is InChI=1S/C8H9NO2/c1-7(10)11-8-3-2-5-9-6-4-8/h2,4-6H,3H2,1H3. The van der Waals surface area contributed by atoms with E-state index in [1.165, 1.54) is 6.92 Å². The summed E-state index contributed by atoms with van der Waals surface area (Å²) in [7, 11) is 0. The number of rotatable bonds is 1. The van der Waals surface area contributed by atoms with Crippen molar-refractivity contribution in [2.45, 2.75) is 13.3 Å². The van der Waals surface area contributed by atoms with Gasteiger partial charge >= 0.3 is 5.97 Å². The van der Waals surface area contributed by atoms with E-state index in [2.05, 4.69) is 4.99 Å². The van der Waals surface area contributed by atoms with Crippen LogP contribution in [0.4, 0.5) is 0 Å². The summed E-state index contributed by atoms with van der Waals surface area (Å²) in [5.41, 5.74) is 0. The molecular weight excluding hydrogens is 142 g/mol. The van der Waals surface area contributed by atoms with Gasteiger partial charge in [0, 0.05) is 25.8 Å². The summed E-state index contributed by atoms with van der Waals surface area (Å²) in [6.07, 6.45) is 7.41. The van der Waals surface area contributed by atoms with Gasteiger partial charge in [0.1, 0.15) is 5.76 Å². The number of hydrogen-bond acceptors (Lipinski definition) is 3. The smallest absolute Gasteiger partial charge is 0.307 e. The van der Waals surface area contributed by atoms with Gasteiger partial charge in [-0.05, 0) is 6.08 Å². The molecule has 0 fully saturated rings. The van der Waals surface area contributed by atoms with Gasteiger partial charge in [-0.25, -0.2) is 0 Å². The molecule has 0 aromatic rings. The second kappa shape index (κ2) is 3.71. The van der Waals surface area contributed by atoms with Crippen LogP contribution in [0.5, 0.6) is 0 Å². The lowest BCUT2D eigenvalue weighted by Gasteiger charge is -2.00. The van der Waals surface area contributed by atoms with Crippen molar-refractivity contribution in [1.82, 2.24) is 0 Å². The van der Waals surface area contributed by atoms with Crippen molar-refractivity contribution in [2.24, 2.45) is 4.99 Å². The van der Waals surface area contributed by atoms with E-state index in [0.717, 1.165) is 0 Å². The fourth-order valence-corrected chi connectivity index (χ4v) is 0.734. The highest BCUT2D eigenvalue weighted by Crippen LogP contribution is 2.06. The first-order chi connectivity index (χ1) is 5.29. The Morgan fingerprint density at radius 1 is 1.73 bits per heavy atom. The molecule has 1 aliphatic heterocycles. The van der Waals surface area contributed by atoms with Crippen LogP contribution in [-0.4, -0.2) is 12.2 Å². The predicted octanol–water partition coefficient (Wildman–Crippen LogP) is 1.42. The van der Waals surface area contributed by atoms with E-state index in [1.807, 2.05) is 6.08 Å². The number of carbonyl (C=O) groups excluding carboxylic acids is 1. The fourth-order valence-electron chi connectivity index (χ4n) is 0.734. The topological polar surface area (TPSA) is 38.7 Å². The van der Waals surface area contributed by atoms with Crippen molar-refractivity contribution >= 4 is 12.2 Å². The van der Waals surface area contributed by atoms with Crippen LogP contribution >= 0.6 is 0 Å². The highest BCUT2D eigenvalue weighted by Gasteiger charge is 1.99. The highest BCUT2D eigenvalue weighted by atomic mass is 16.5. The van der Waals surface area contributed by atoms with Crippen molar-refractivity contribution in [3.05, 3.63) is 24.1 Å². The lowest BCUT2D eigenvalue weighted by Crippen LogP contribution is -1.97. The van der Waals surface area contributed by atoms with Gasteiger partial charge in [0.2, 0.25) is 0 Å². The molecule has 0 spiro atoms. The van der Waals surface area contributed by atoms with E-state index in [4.69, 9.17) is 4.74 Å². The van der Waals surface area contributed by atoms with Gasteiger partial charge < -0.3 is 4.74 Å². The largest absolute Gasteiger partial charge is 0.431 e. The maximum Gasteiger partial charge on any atom is 0.307 e. The molecule has 3 heteroatoms. The number of esters is 1. The van der Waals surface area contributed by atoms with Crippen molar-refractivity contribution in [3.8, 4) is 0 Å². The van der Waals surface area contributed by atoms with Gasteiger partial charge in [0.15, 0.2) is 0 Å². The second-order valence-corrected chi connectivity index (χ2v) is 2.11. The minimum Gasteiger partial charge on any atom is -0.431 e. The summed E-state index contributed by atoms with van der Waals surface area (Å²) in [6, 6.07) is 0. The van der Waals surface area contributed by atoms with E-state index < -0.39 is 0 Å². The van der Waals surface area contributed by atoms with Gasteiger partial charge in [-0.2, -0.15) is 0 Å². The van der Waals surface area contributed by atoms with Crippen LogP contribution in [-0.2, 0) is 9.53 Å². The average molecular weight is 151 g/mol. The number of nitrogens with zero attached hydrogens (tertiary/aromatic N) is 1. The zero-order valence-corrected chi connectivity index (χ0v) is 6.28. The summed E-state index contributed by atoms with van der Waals surface area (Å²) < 4.78 is 4.85. The number of aliphatic imine (C=N–C) groups is 1. The molecule has 0 amide bonds. The molecule has 0 N–H and O–H groups in total. The number of ether oxygens (including phenoxy) is 1. The van der Waals surface area contributed by atoms with Crippen molar-refractivity contribution in [1.29, 1.82) is 0 Å². The summed E-state index contributed by atoms with van der Waals surface area (Å²) in [6.45, 7) is 1.38. The third kappa shape index (κ3) is 2.80. The van der Waals surface area contributed by atoms with Crippen LogP contribution in [0.15, 0.2) is 29.1 Å². The molecule has 0 unspecified atom stereocenters. The molecule has 0 atom stereocenters. The van der Waals surface area contributed by atoms with E-state index in [0.29, 0.717) is 12.2 Å². The van der Waals surface area contributed by atoms with Crippen LogP contribution in [0.25, 0.3) is 0 Å². The minimum absolute atomic E-state index is 0.292. The number of carbonyl (C=O) groups is 1. The molecule has 0 radical (unpaired) electrons. The Labute approximate surface area is 65.1 Å². The zero-order valence-electron chi connectivity index (χ0n) is 6.28. The average Bonchev–Trinajstić information content (AvgIpc) is 2.14. The molecule has 1 heterocycles. The van der Waals surface area contributed by atoms with Gasteiger partial charge in [-0.3, -0.25) is 9.79 Å². The molecule has 1 aliphatic rings. The van der Waals surface area contributed by atoms with Crippen LogP contribution < -0.4 is 0 Å². The normalized spacial score (nSPS) is 15.5. The van der Waals surface area contributed by atoms with Crippen LogP contribution in [0, 0.1) is 0 Å². The Morgan fingerprint density at radius 2 is 2.55 bits per heavy atom. The molecule has 11 heavy (non-hydrogen) atoms. The molecular formula is C8H9NO2. The van der Waals surface area contributed by atoms with Crippen LogP contribution in [0.2, 0.25) is 0 Å². The number of hydrogen-bond donors (Lipinski definition) is 0. The Bertz CT molecular complexity index is 238. The minimum atomic E-state index is -0.292. The molecule has 1 rings (SSSR count). The molecule has 0 aliphatic carbocycles. The first kappa shape index (κ1) is 7.72. The first-order valence-corrected chi connectivity index (χ1v) is 3.35. The second-order valence-electron chi connectivity index (χ2n) is 2.11. The van der Waals surface area contributed by atoms with Gasteiger partial charge in [0.05, 0.1) is 0 Å². The third-order valence-electron chi connectivity index (χ3n) is 1.13. The SMILES string of the molecule is CC(=O)OC1=CC=NC=CC1. The van der Waals surface area contributed by atoms with Crippen LogP contribution in [0.3, 0.4) is 0 Å². The molecule has 58 valence electrons. The molecule has 0 saturated heterocycles. The molecule has 0 bridgehead atoms. The van der Waals surface area contributed by atoms with Crippen molar-refractivity contribution < 1.29 is 9.53 Å². The summed E-state index contributed by atoms with van der Waals surface area (Å²) in [5, 5.41) is 0. The van der Waals surface area contributed by atoms with E-state index in [9.17, 15) is 4.79 Å². The van der Waals surface area contributed by atoms with Crippen LogP contribution in [0.1, 0.15) is 13.3 Å². The van der Waals surface area contributed by atoms with E-state index in [1.54, 1.807) is 18.5 Å². The Morgan fingerprint density at radius 3 is 3.27 bits per heavy atom. The lowest BCUT2D eigenvalue weighted by molar-refractivity contribution is -0.136. The van der Waals surface area contributed by atoms with Crippen molar-refractivity contribution in [3.63, 3.8) is 0 Å². The molecule has 0 saturated carbocycles. The maximum atomic E-state index is 10.5. The zero-order chi connectivity index (χ0) is 8.10. The maximum absolute atomic E-state index is 10.5. The Balaban J connectivity index is 2.57. The van der Waals surface area contributed by atoms with Gasteiger partial charge in [-0.15, -0.1) is 0 Å². The van der Waals surface area contributed by atoms with E-state index in [-0.39, 0.29) is 5.97 Å². The van der Waals surface area contributed by atoms with Gasteiger partial charge in [-0.1, -0.05) is 6.08 Å². The third-order valence-corrected chi connectivity index (χ3v) is 1.13. The van der Waals surface area contributed by atoms with Crippen molar-refractivity contribution in [2.75, 3.05) is 0 Å². The highest BCUT2D eigenvalue weighted by molar-refractivity contribution is 5.74. The quantitative estimate of drug-likeness (QED) is 0.531. The van der Waals surface area contributed by atoms with E-state index >= 15 is 0 Å². The Kier molecular flexibility index (Phi) is 2.60. The Hall–Kier alpha value is -1.38. The monoisotopic (exact) mass is 151 g/mol. The predicted molar refractivity (Wildman–Crippen MR) is 42.1 cm³/mol. The summed E-state index contributed by atoms with van der Waals surface area (Å²) in [4.78, 5) is 14.3. The summed E-state index contributed by atoms with van der Waals surface area (Å²) in [5.74, 6) is 0.343. The summed E-state index contributed by atoms with van der Waals surface area (Å²) >= 11 is 0. The number of allylic oxidation sites excluding steroid dienone is 2.